The zero-order chi connectivity index (χ0) is 15.0. The van der Waals surface area contributed by atoms with Crippen molar-refractivity contribution in [1.29, 1.82) is 0 Å². The van der Waals surface area contributed by atoms with Crippen molar-refractivity contribution in [1.82, 2.24) is 4.57 Å². The predicted octanol–water partition coefficient (Wildman–Crippen LogP) is 3.66. The van der Waals surface area contributed by atoms with Crippen LogP contribution < -0.4 is 0 Å². The van der Waals surface area contributed by atoms with Crippen molar-refractivity contribution in [3.05, 3.63) is 35.0 Å². The summed E-state index contributed by atoms with van der Waals surface area (Å²) in [5, 5.41) is 10.3. The molecule has 0 bridgehead atoms. The van der Waals surface area contributed by atoms with Crippen LogP contribution in [-0.2, 0) is 13.0 Å². The predicted molar refractivity (Wildman–Crippen MR) is 81.1 cm³/mol. The van der Waals surface area contributed by atoms with E-state index in [4.69, 9.17) is 0 Å². The Morgan fingerprint density at radius 3 is 2.76 bits per heavy atom. The van der Waals surface area contributed by atoms with Gasteiger partial charge < -0.3 is 9.67 Å². The first kappa shape index (κ1) is 13.9. The van der Waals surface area contributed by atoms with Crippen molar-refractivity contribution < 1.29 is 14.7 Å². The summed E-state index contributed by atoms with van der Waals surface area (Å²) in [5.41, 5.74) is 2.80. The number of rotatable bonds is 3. The van der Waals surface area contributed by atoms with E-state index in [2.05, 4.69) is 11.5 Å². The lowest BCUT2D eigenvalue weighted by Gasteiger charge is -2.10. The number of para-hydroxylation sites is 1. The molecule has 1 heterocycles. The first-order valence-corrected chi connectivity index (χ1v) is 7.55. The summed E-state index contributed by atoms with van der Waals surface area (Å²) in [5.74, 6) is -0.775. The number of Topliss-reactive ketones (excluding diaryl/α,β-unsaturated/α-hetero) is 1. The number of carbonyl (C=O) groups is 2. The van der Waals surface area contributed by atoms with Crippen LogP contribution in [0.2, 0.25) is 0 Å². The number of aryl methyl sites for hydroxylation is 1. The number of aromatic nitrogens is 1. The van der Waals surface area contributed by atoms with E-state index in [0.29, 0.717) is 17.5 Å². The van der Waals surface area contributed by atoms with E-state index in [1.54, 1.807) is 12.1 Å². The number of ketones is 1. The summed E-state index contributed by atoms with van der Waals surface area (Å²) in [7, 11) is 0. The molecule has 0 amide bonds. The Balaban J connectivity index is 2.40. The summed E-state index contributed by atoms with van der Waals surface area (Å²) < 4.78 is 2.07. The van der Waals surface area contributed by atoms with E-state index < -0.39 is 5.97 Å². The second kappa shape index (κ2) is 5.35. The van der Waals surface area contributed by atoms with Crippen molar-refractivity contribution >= 4 is 22.7 Å². The molecule has 1 aliphatic rings. The third-order valence-electron chi connectivity index (χ3n) is 4.21. The molecule has 1 N–H and O–H groups in total. The van der Waals surface area contributed by atoms with Crippen molar-refractivity contribution in [3.8, 4) is 0 Å². The highest BCUT2D eigenvalue weighted by atomic mass is 16.4. The fraction of sp³-hybridized carbons (Fsp3) is 0.412. The van der Waals surface area contributed by atoms with Crippen LogP contribution in [0, 0.1) is 0 Å². The summed E-state index contributed by atoms with van der Waals surface area (Å²) in [6, 6.07) is 5.25. The first-order valence-electron chi connectivity index (χ1n) is 7.55. The van der Waals surface area contributed by atoms with Crippen LogP contribution >= 0.6 is 0 Å². The van der Waals surface area contributed by atoms with Crippen LogP contribution in [0.25, 0.3) is 10.9 Å². The fourth-order valence-electron chi connectivity index (χ4n) is 3.38. The zero-order valence-electron chi connectivity index (χ0n) is 12.2. The van der Waals surface area contributed by atoms with Gasteiger partial charge in [-0.2, -0.15) is 0 Å². The standard InChI is InChI=1S/C17H19NO3/c1-2-10-18-13-8-3-4-9-14(19)15(13)11-6-5-7-12(16(11)18)17(20)21/h5-7H,2-4,8-10H2,1H3,(H,20,21). The molecular formula is C17H19NO3. The van der Waals surface area contributed by atoms with Crippen LogP contribution in [0.5, 0.6) is 0 Å². The van der Waals surface area contributed by atoms with Gasteiger partial charge in [-0.25, -0.2) is 4.79 Å². The minimum Gasteiger partial charge on any atom is -0.478 e. The summed E-state index contributed by atoms with van der Waals surface area (Å²) >= 11 is 0. The van der Waals surface area contributed by atoms with Gasteiger partial charge in [0.2, 0.25) is 0 Å². The molecule has 110 valence electrons. The smallest absolute Gasteiger partial charge is 0.337 e. The van der Waals surface area contributed by atoms with Gasteiger partial charge in [-0.15, -0.1) is 0 Å². The summed E-state index contributed by atoms with van der Waals surface area (Å²) in [6.07, 6.45) is 4.24. The highest BCUT2D eigenvalue weighted by Gasteiger charge is 2.26. The van der Waals surface area contributed by atoms with Crippen LogP contribution in [0.1, 0.15) is 59.0 Å². The molecular weight excluding hydrogens is 266 g/mol. The van der Waals surface area contributed by atoms with Gasteiger partial charge in [0, 0.05) is 29.6 Å². The van der Waals surface area contributed by atoms with Crippen molar-refractivity contribution in [2.45, 2.75) is 45.6 Å². The molecule has 0 saturated heterocycles. The number of fused-ring (bicyclic) bond motifs is 3. The highest BCUT2D eigenvalue weighted by molar-refractivity contribution is 6.13. The van der Waals surface area contributed by atoms with E-state index in [0.717, 1.165) is 48.9 Å². The van der Waals surface area contributed by atoms with E-state index in [1.807, 2.05) is 6.07 Å². The molecule has 1 aliphatic carbocycles. The average molecular weight is 285 g/mol. The molecule has 1 aromatic heterocycles. The number of carbonyl (C=O) groups excluding carboxylic acids is 1. The van der Waals surface area contributed by atoms with Gasteiger partial charge in [0.05, 0.1) is 11.1 Å². The molecule has 1 aromatic carbocycles. The maximum atomic E-state index is 12.5. The van der Waals surface area contributed by atoms with Gasteiger partial charge in [0.25, 0.3) is 0 Å². The van der Waals surface area contributed by atoms with E-state index in [9.17, 15) is 14.7 Å². The summed E-state index contributed by atoms with van der Waals surface area (Å²) in [4.78, 5) is 24.0. The second-order valence-corrected chi connectivity index (χ2v) is 5.61. The summed E-state index contributed by atoms with van der Waals surface area (Å²) in [6.45, 7) is 2.82. The van der Waals surface area contributed by atoms with Crippen molar-refractivity contribution in [2.24, 2.45) is 0 Å². The van der Waals surface area contributed by atoms with E-state index >= 15 is 0 Å². The van der Waals surface area contributed by atoms with Crippen LogP contribution in [0.15, 0.2) is 18.2 Å². The number of hydrogen-bond acceptors (Lipinski definition) is 2. The molecule has 0 spiro atoms. The molecule has 2 aromatic rings. The highest BCUT2D eigenvalue weighted by Crippen LogP contribution is 2.33. The van der Waals surface area contributed by atoms with Gasteiger partial charge in [-0.05, 0) is 31.7 Å². The van der Waals surface area contributed by atoms with Crippen molar-refractivity contribution in [3.63, 3.8) is 0 Å². The number of carboxylic acids is 1. The van der Waals surface area contributed by atoms with E-state index in [1.165, 1.54) is 0 Å². The zero-order valence-corrected chi connectivity index (χ0v) is 12.2. The average Bonchev–Trinajstić information content (AvgIpc) is 2.64. The lowest BCUT2D eigenvalue weighted by Crippen LogP contribution is -2.07. The molecule has 3 rings (SSSR count). The first-order chi connectivity index (χ1) is 10.1. The normalized spacial score (nSPS) is 15.0. The topological polar surface area (TPSA) is 59.3 Å². The monoisotopic (exact) mass is 285 g/mol. The van der Waals surface area contributed by atoms with Crippen LogP contribution in [-0.4, -0.2) is 21.4 Å². The van der Waals surface area contributed by atoms with Crippen LogP contribution in [0.3, 0.4) is 0 Å². The quantitative estimate of drug-likeness (QED) is 0.875. The Morgan fingerprint density at radius 2 is 2.05 bits per heavy atom. The van der Waals surface area contributed by atoms with Gasteiger partial charge in [0.15, 0.2) is 5.78 Å². The maximum absolute atomic E-state index is 12.5. The molecule has 0 saturated carbocycles. The Morgan fingerprint density at radius 1 is 1.29 bits per heavy atom. The molecule has 21 heavy (non-hydrogen) atoms. The molecule has 0 aliphatic heterocycles. The maximum Gasteiger partial charge on any atom is 0.337 e. The Kier molecular flexibility index (Phi) is 3.53. The number of nitrogens with zero attached hydrogens (tertiary/aromatic N) is 1. The largest absolute Gasteiger partial charge is 0.478 e. The van der Waals surface area contributed by atoms with Gasteiger partial charge in [-0.3, -0.25) is 4.79 Å². The number of carboxylic acid groups (broad SMARTS) is 1. The SMILES string of the molecule is CCCn1c2c(c3cccc(C(=O)O)c31)C(=O)CCCC2. The Hall–Kier alpha value is -2.10. The second-order valence-electron chi connectivity index (χ2n) is 5.61. The number of aromatic carboxylic acids is 1. The lowest BCUT2D eigenvalue weighted by atomic mass is 10.0. The number of benzene rings is 1. The minimum atomic E-state index is -0.932. The molecule has 0 unspecified atom stereocenters. The third-order valence-corrected chi connectivity index (χ3v) is 4.21. The molecule has 4 nitrogen and oxygen atoms in total. The minimum absolute atomic E-state index is 0.157. The molecule has 4 heteroatoms. The van der Waals surface area contributed by atoms with Crippen LogP contribution in [0.4, 0.5) is 0 Å². The Bertz CT molecular complexity index is 727. The molecule has 0 radical (unpaired) electrons. The number of hydrogen-bond donors (Lipinski definition) is 1. The van der Waals surface area contributed by atoms with Gasteiger partial charge in [0.1, 0.15) is 0 Å². The van der Waals surface area contributed by atoms with Crippen molar-refractivity contribution in [2.75, 3.05) is 0 Å². The van der Waals surface area contributed by atoms with Gasteiger partial charge in [-0.1, -0.05) is 19.1 Å². The lowest BCUT2D eigenvalue weighted by molar-refractivity contribution is 0.0698. The fourth-order valence-corrected chi connectivity index (χ4v) is 3.38. The molecule has 0 fully saturated rings. The molecule has 0 atom stereocenters. The van der Waals surface area contributed by atoms with E-state index in [-0.39, 0.29) is 5.78 Å². The Labute approximate surface area is 123 Å². The third kappa shape index (κ3) is 2.15. The van der Waals surface area contributed by atoms with Gasteiger partial charge >= 0.3 is 5.97 Å².